The van der Waals surface area contributed by atoms with Crippen LogP contribution >= 0.6 is 0 Å². The number of aromatic nitrogens is 2. The SMILES string of the molecule is NCCc1cc(C2C3CC4CC(C3)CC2C4)nc(=O)[nH]1. The highest BCUT2D eigenvalue weighted by atomic mass is 16.1. The molecule has 3 N–H and O–H groups in total. The molecule has 0 atom stereocenters. The summed E-state index contributed by atoms with van der Waals surface area (Å²) in [4.78, 5) is 18.9. The first-order chi connectivity index (χ1) is 9.72. The normalized spacial score (nSPS) is 38.4. The second-order valence-corrected chi connectivity index (χ2v) is 7.13. The second-order valence-electron chi connectivity index (χ2n) is 7.13. The number of nitrogens with zero attached hydrogens (tertiary/aromatic N) is 1. The molecular formula is C16H23N3O. The van der Waals surface area contributed by atoms with Crippen LogP contribution in [0.1, 0.15) is 49.4 Å². The third-order valence-electron chi connectivity index (χ3n) is 5.80. The van der Waals surface area contributed by atoms with Gasteiger partial charge in [-0.05, 0) is 74.8 Å². The molecule has 4 fully saturated rings. The zero-order valence-corrected chi connectivity index (χ0v) is 11.8. The molecule has 4 aliphatic carbocycles. The van der Waals surface area contributed by atoms with Crippen LogP contribution in [-0.2, 0) is 6.42 Å². The number of rotatable bonds is 3. The Balaban J connectivity index is 1.68. The van der Waals surface area contributed by atoms with Crippen LogP contribution in [0, 0.1) is 23.7 Å². The molecule has 0 saturated heterocycles. The number of hydrogen-bond acceptors (Lipinski definition) is 3. The van der Waals surface area contributed by atoms with Crippen molar-refractivity contribution in [2.75, 3.05) is 6.54 Å². The lowest BCUT2D eigenvalue weighted by Gasteiger charge is -2.54. The van der Waals surface area contributed by atoms with E-state index in [0.717, 1.165) is 41.5 Å². The maximum Gasteiger partial charge on any atom is 0.345 e. The average Bonchev–Trinajstić information content (AvgIpc) is 2.37. The summed E-state index contributed by atoms with van der Waals surface area (Å²) in [5.74, 6) is 3.98. The highest BCUT2D eigenvalue weighted by Gasteiger charge is 2.49. The van der Waals surface area contributed by atoms with Crippen LogP contribution in [0.3, 0.4) is 0 Å². The summed E-state index contributed by atoms with van der Waals surface area (Å²) in [5.41, 5.74) is 7.42. The third kappa shape index (κ3) is 2.01. The van der Waals surface area contributed by atoms with Gasteiger partial charge in [-0.15, -0.1) is 0 Å². The van der Waals surface area contributed by atoms with Crippen molar-refractivity contribution in [2.45, 2.75) is 44.4 Å². The Kier molecular flexibility index (Phi) is 2.95. The summed E-state index contributed by atoms with van der Waals surface area (Å²) in [6.07, 6.45) is 7.63. The van der Waals surface area contributed by atoms with Gasteiger partial charge in [-0.2, -0.15) is 4.98 Å². The minimum atomic E-state index is -0.195. The monoisotopic (exact) mass is 273 g/mol. The standard InChI is InChI=1S/C16H23N3O/c17-2-1-13-8-14(19-16(20)18-13)15-11-4-9-3-10(6-11)7-12(15)5-9/h8-12,15H,1-7,17H2,(H,18,19,20). The molecule has 0 amide bonds. The van der Waals surface area contributed by atoms with Gasteiger partial charge in [-0.3, -0.25) is 0 Å². The molecule has 4 aliphatic rings. The Morgan fingerprint density at radius 2 is 1.80 bits per heavy atom. The summed E-state index contributed by atoms with van der Waals surface area (Å²) in [6.45, 7) is 0.571. The average molecular weight is 273 g/mol. The van der Waals surface area contributed by atoms with Gasteiger partial charge in [0.05, 0.1) is 5.69 Å². The fourth-order valence-electron chi connectivity index (χ4n) is 5.40. The molecule has 4 saturated carbocycles. The Hall–Kier alpha value is -1.16. The predicted molar refractivity (Wildman–Crippen MR) is 77.4 cm³/mol. The van der Waals surface area contributed by atoms with Crippen molar-refractivity contribution in [3.8, 4) is 0 Å². The maximum absolute atomic E-state index is 11.8. The summed E-state index contributed by atoms with van der Waals surface area (Å²) in [7, 11) is 0. The summed E-state index contributed by atoms with van der Waals surface area (Å²) in [6, 6.07) is 2.11. The lowest BCUT2D eigenvalue weighted by Crippen LogP contribution is -2.44. The van der Waals surface area contributed by atoms with Gasteiger partial charge in [0, 0.05) is 11.6 Å². The van der Waals surface area contributed by atoms with E-state index < -0.39 is 0 Å². The molecule has 1 heterocycles. The van der Waals surface area contributed by atoms with Crippen LogP contribution in [0.25, 0.3) is 0 Å². The number of nitrogens with two attached hydrogens (primary N) is 1. The molecule has 4 nitrogen and oxygen atoms in total. The van der Waals surface area contributed by atoms with Gasteiger partial charge in [0.15, 0.2) is 0 Å². The van der Waals surface area contributed by atoms with Gasteiger partial charge in [-0.25, -0.2) is 4.79 Å². The van der Waals surface area contributed by atoms with E-state index in [-0.39, 0.29) is 5.69 Å². The molecule has 1 aromatic rings. The van der Waals surface area contributed by atoms with Gasteiger partial charge in [0.1, 0.15) is 0 Å². The van der Waals surface area contributed by atoms with Gasteiger partial charge < -0.3 is 10.7 Å². The molecular weight excluding hydrogens is 250 g/mol. The molecule has 0 aliphatic heterocycles. The molecule has 20 heavy (non-hydrogen) atoms. The number of nitrogens with one attached hydrogen (secondary N) is 1. The first kappa shape index (κ1) is 12.6. The van der Waals surface area contributed by atoms with E-state index >= 15 is 0 Å². The van der Waals surface area contributed by atoms with Crippen LogP contribution in [0.4, 0.5) is 0 Å². The highest BCUT2D eigenvalue weighted by molar-refractivity contribution is 5.19. The number of hydrogen-bond donors (Lipinski definition) is 2. The predicted octanol–water partition coefficient (Wildman–Crippen LogP) is 1.81. The van der Waals surface area contributed by atoms with Crippen LogP contribution in [-0.4, -0.2) is 16.5 Å². The quantitative estimate of drug-likeness (QED) is 0.882. The molecule has 4 heteroatoms. The summed E-state index contributed by atoms with van der Waals surface area (Å²) < 4.78 is 0. The molecule has 5 rings (SSSR count). The van der Waals surface area contributed by atoms with E-state index in [0.29, 0.717) is 12.5 Å². The first-order valence-corrected chi connectivity index (χ1v) is 8.03. The first-order valence-electron chi connectivity index (χ1n) is 8.03. The van der Waals surface area contributed by atoms with Crippen LogP contribution in [0.15, 0.2) is 10.9 Å². The minimum Gasteiger partial charge on any atom is -0.330 e. The highest BCUT2D eigenvalue weighted by Crippen LogP contribution is 2.59. The molecule has 1 aromatic heterocycles. The smallest absolute Gasteiger partial charge is 0.330 e. The van der Waals surface area contributed by atoms with Gasteiger partial charge in [-0.1, -0.05) is 0 Å². The number of aromatic amines is 1. The van der Waals surface area contributed by atoms with Gasteiger partial charge in [0.2, 0.25) is 0 Å². The molecule has 0 aromatic carbocycles. The van der Waals surface area contributed by atoms with Crippen molar-refractivity contribution in [1.29, 1.82) is 0 Å². The van der Waals surface area contributed by atoms with Crippen LogP contribution < -0.4 is 11.4 Å². The van der Waals surface area contributed by atoms with Gasteiger partial charge in [0.25, 0.3) is 0 Å². The molecule has 0 radical (unpaired) electrons. The Morgan fingerprint density at radius 3 is 2.40 bits per heavy atom. The Bertz CT molecular complexity index is 537. The van der Waals surface area contributed by atoms with Crippen LogP contribution in [0.5, 0.6) is 0 Å². The fraction of sp³-hybridized carbons (Fsp3) is 0.750. The van der Waals surface area contributed by atoms with E-state index in [4.69, 9.17) is 5.73 Å². The van der Waals surface area contributed by atoms with Crippen molar-refractivity contribution < 1.29 is 0 Å². The lowest BCUT2D eigenvalue weighted by molar-refractivity contribution is -0.00429. The van der Waals surface area contributed by atoms with Gasteiger partial charge >= 0.3 is 5.69 Å². The summed E-state index contributed by atoms with van der Waals surface area (Å²) >= 11 is 0. The fourth-order valence-corrected chi connectivity index (χ4v) is 5.40. The van der Waals surface area contributed by atoms with E-state index in [9.17, 15) is 4.79 Å². The Labute approximate surface area is 119 Å². The van der Waals surface area contributed by atoms with E-state index in [1.54, 1.807) is 0 Å². The van der Waals surface area contributed by atoms with E-state index in [1.165, 1.54) is 32.1 Å². The van der Waals surface area contributed by atoms with Crippen molar-refractivity contribution in [1.82, 2.24) is 9.97 Å². The van der Waals surface area contributed by atoms with Crippen LogP contribution in [0.2, 0.25) is 0 Å². The van der Waals surface area contributed by atoms with E-state index in [2.05, 4.69) is 16.0 Å². The maximum atomic E-state index is 11.8. The third-order valence-corrected chi connectivity index (χ3v) is 5.80. The molecule has 108 valence electrons. The van der Waals surface area contributed by atoms with Crippen molar-refractivity contribution in [3.63, 3.8) is 0 Å². The molecule has 0 spiro atoms. The zero-order chi connectivity index (χ0) is 13.7. The lowest BCUT2D eigenvalue weighted by atomic mass is 9.51. The minimum absolute atomic E-state index is 0.195. The largest absolute Gasteiger partial charge is 0.345 e. The second kappa shape index (κ2) is 4.69. The number of H-pyrrole nitrogens is 1. The van der Waals surface area contributed by atoms with Crippen molar-refractivity contribution >= 4 is 0 Å². The Morgan fingerprint density at radius 1 is 1.15 bits per heavy atom. The van der Waals surface area contributed by atoms with Crippen molar-refractivity contribution in [2.24, 2.45) is 29.4 Å². The topological polar surface area (TPSA) is 71.8 Å². The van der Waals surface area contributed by atoms with E-state index in [1.807, 2.05) is 0 Å². The zero-order valence-electron chi connectivity index (χ0n) is 11.8. The van der Waals surface area contributed by atoms with Crippen molar-refractivity contribution in [3.05, 3.63) is 27.9 Å². The molecule has 0 unspecified atom stereocenters. The summed E-state index contributed by atoms with van der Waals surface area (Å²) in [5, 5.41) is 0. The molecule has 4 bridgehead atoms.